The highest BCUT2D eigenvalue weighted by molar-refractivity contribution is 6.11. The van der Waals surface area contributed by atoms with E-state index in [0.29, 0.717) is 11.6 Å². The van der Waals surface area contributed by atoms with E-state index in [2.05, 4.69) is 80.1 Å². The molecule has 6 heteroatoms. The minimum absolute atomic E-state index is 0.371. The van der Waals surface area contributed by atoms with E-state index in [9.17, 15) is 0 Å². The molecule has 2 aromatic heterocycles. The van der Waals surface area contributed by atoms with Crippen LogP contribution in [0.4, 0.5) is 5.95 Å². The van der Waals surface area contributed by atoms with Crippen molar-refractivity contribution >= 4 is 44.5 Å². The van der Waals surface area contributed by atoms with Gasteiger partial charge in [0.2, 0.25) is 0 Å². The molecule has 2 heterocycles. The first kappa shape index (κ1) is 17.1. The highest BCUT2D eigenvalue weighted by Crippen LogP contribution is 2.33. The lowest BCUT2D eigenvalue weighted by atomic mass is 9.98. The summed E-state index contributed by atoms with van der Waals surface area (Å²) in [6, 6.07) is 17.1. The van der Waals surface area contributed by atoms with Crippen LogP contribution in [0.25, 0.3) is 32.8 Å². The molecule has 146 valence electrons. The van der Waals surface area contributed by atoms with Gasteiger partial charge in [0.1, 0.15) is 5.52 Å². The molecule has 0 saturated heterocycles. The van der Waals surface area contributed by atoms with Gasteiger partial charge >= 0.3 is 0 Å². The topological polar surface area (TPSA) is 78.8 Å². The number of hydrogen-bond donors (Lipinski definition) is 2. The lowest BCUT2D eigenvalue weighted by Crippen LogP contribution is -2.04. The summed E-state index contributed by atoms with van der Waals surface area (Å²) in [7, 11) is 0. The van der Waals surface area contributed by atoms with Gasteiger partial charge in [0.25, 0.3) is 5.95 Å². The third-order valence-corrected chi connectivity index (χ3v) is 5.96. The second-order valence-corrected chi connectivity index (χ2v) is 7.93. The second-order valence-electron chi connectivity index (χ2n) is 7.93. The molecule has 0 spiro atoms. The Morgan fingerprint density at radius 2 is 1.87 bits per heavy atom. The Labute approximate surface area is 173 Å². The number of nitrogens with zero attached hydrogens (tertiary/aromatic N) is 4. The smallest absolute Gasteiger partial charge is 0.265 e. The van der Waals surface area contributed by atoms with E-state index < -0.39 is 0 Å². The van der Waals surface area contributed by atoms with E-state index in [1.807, 2.05) is 13.0 Å². The lowest BCUT2D eigenvalue weighted by Gasteiger charge is -2.09. The Kier molecular flexibility index (Phi) is 3.62. The molecule has 0 amide bonds. The van der Waals surface area contributed by atoms with Gasteiger partial charge < -0.3 is 4.98 Å². The lowest BCUT2D eigenvalue weighted by molar-refractivity contribution is 1.01. The molecule has 1 aliphatic carbocycles. The number of nitrogens with one attached hydrogen (secondary N) is 2. The molecule has 5 aromatic rings. The van der Waals surface area contributed by atoms with Crippen LogP contribution < -0.4 is 5.43 Å². The fourth-order valence-electron chi connectivity index (χ4n) is 4.49. The van der Waals surface area contributed by atoms with Crippen molar-refractivity contribution in [3.63, 3.8) is 0 Å². The standard InChI is InChI=1S/C24H20N6/c1-13-6-11-20-19(12-13)22-23(25-20)26-24(30-28-22)29-27-14(2)17-10-9-16-8-7-15-4-3-5-18(17)21(15)16/h3-6,9-12H,7-8H2,1-2H3,(H2,25,26,29,30)/b27-14+. The van der Waals surface area contributed by atoms with Gasteiger partial charge in [0.15, 0.2) is 5.65 Å². The molecule has 3 aromatic carbocycles. The van der Waals surface area contributed by atoms with E-state index in [1.165, 1.54) is 27.5 Å². The SMILES string of the molecule is C/C(=N\Nc1nnc2c(n1)[nH]c1ccc(C)cc12)c1ccc2c3c(cccc13)CC2. The van der Waals surface area contributed by atoms with Crippen LogP contribution in [-0.4, -0.2) is 25.9 Å². The van der Waals surface area contributed by atoms with Crippen molar-refractivity contribution in [2.24, 2.45) is 5.10 Å². The Balaban J connectivity index is 1.37. The van der Waals surface area contributed by atoms with Gasteiger partial charge in [0.05, 0.1) is 5.71 Å². The van der Waals surface area contributed by atoms with Crippen molar-refractivity contribution in [1.82, 2.24) is 20.2 Å². The minimum atomic E-state index is 0.371. The Morgan fingerprint density at radius 3 is 2.77 bits per heavy atom. The summed E-state index contributed by atoms with van der Waals surface area (Å²) in [6.07, 6.45) is 2.24. The summed E-state index contributed by atoms with van der Waals surface area (Å²) < 4.78 is 0. The van der Waals surface area contributed by atoms with Crippen LogP contribution in [0.1, 0.15) is 29.2 Å². The molecule has 0 radical (unpaired) electrons. The van der Waals surface area contributed by atoms with Crippen molar-refractivity contribution in [3.8, 4) is 0 Å². The zero-order chi connectivity index (χ0) is 20.2. The zero-order valence-corrected chi connectivity index (χ0v) is 16.8. The van der Waals surface area contributed by atoms with Crippen LogP contribution in [0.5, 0.6) is 0 Å². The molecule has 1 aliphatic rings. The number of rotatable bonds is 3. The van der Waals surface area contributed by atoms with Crippen LogP contribution in [0.3, 0.4) is 0 Å². The minimum Gasteiger partial charge on any atom is -0.338 e. The zero-order valence-electron chi connectivity index (χ0n) is 16.8. The van der Waals surface area contributed by atoms with Gasteiger partial charge in [-0.15, -0.1) is 10.2 Å². The molecule has 0 atom stereocenters. The quantitative estimate of drug-likeness (QED) is 0.338. The third-order valence-electron chi connectivity index (χ3n) is 5.96. The van der Waals surface area contributed by atoms with Crippen LogP contribution >= 0.6 is 0 Å². The van der Waals surface area contributed by atoms with Gasteiger partial charge in [-0.25, -0.2) is 5.43 Å². The number of hydrogen-bond acceptors (Lipinski definition) is 5. The Morgan fingerprint density at radius 1 is 1.00 bits per heavy atom. The fourth-order valence-corrected chi connectivity index (χ4v) is 4.49. The maximum Gasteiger partial charge on any atom is 0.265 e. The first-order chi connectivity index (χ1) is 14.7. The number of benzene rings is 3. The predicted molar refractivity (Wildman–Crippen MR) is 121 cm³/mol. The van der Waals surface area contributed by atoms with E-state index in [0.717, 1.165) is 40.5 Å². The van der Waals surface area contributed by atoms with Crippen molar-refractivity contribution in [2.75, 3.05) is 5.43 Å². The molecular weight excluding hydrogens is 372 g/mol. The first-order valence-electron chi connectivity index (χ1n) is 10.1. The van der Waals surface area contributed by atoms with Crippen molar-refractivity contribution in [2.45, 2.75) is 26.7 Å². The number of anilines is 1. The monoisotopic (exact) mass is 392 g/mol. The van der Waals surface area contributed by atoms with Crippen molar-refractivity contribution in [1.29, 1.82) is 0 Å². The third kappa shape index (κ3) is 2.57. The summed E-state index contributed by atoms with van der Waals surface area (Å²) >= 11 is 0. The van der Waals surface area contributed by atoms with Gasteiger partial charge in [0, 0.05) is 16.5 Å². The summed E-state index contributed by atoms with van der Waals surface area (Å²) in [5.41, 5.74) is 11.5. The van der Waals surface area contributed by atoms with Crippen molar-refractivity contribution < 1.29 is 0 Å². The second kappa shape index (κ2) is 6.35. The van der Waals surface area contributed by atoms with Crippen LogP contribution in [0.2, 0.25) is 0 Å². The first-order valence-corrected chi connectivity index (χ1v) is 10.1. The number of aromatic nitrogens is 4. The summed E-state index contributed by atoms with van der Waals surface area (Å²) in [4.78, 5) is 7.87. The fraction of sp³-hybridized carbons (Fsp3) is 0.167. The summed E-state index contributed by atoms with van der Waals surface area (Å²) in [5.74, 6) is 0.371. The number of aromatic amines is 1. The van der Waals surface area contributed by atoms with Crippen LogP contribution in [0, 0.1) is 6.92 Å². The highest BCUT2D eigenvalue weighted by Gasteiger charge is 2.16. The van der Waals surface area contributed by atoms with Crippen LogP contribution in [-0.2, 0) is 12.8 Å². The molecule has 0 fully saturated rings. The molecular formula is C24H20N6. The van der Waals surface area contributed by atoms with Gasteiger partial charge in [-0.1, -0.05) is 42.0 Å². The van der Waals surface area contributed by atoms with Crippen LogP contribution in [0.15, 0.2) is 53.6 Å². The number of H-pyrrole nitrogens is 1. The summed E-state index contributed by atoms with van der Waals surface area (Å²) in [6.45, 7) is 4.07. The Hall–Kier alpha value is -3.80. The molecule has 0 saturated carbocycles. The normalized spacial score (nSPS) is 13.6. The molecule has 6 rings (SSSR count). The predicted octanol–water partition coefficient (Wildman–Crippen LogP) is 4.90. The molecule has 30 heavy (non-hydrogen) atoms. The molecule has 2 N–H and O–H groups in total. The van der Waals surface area contributed by atoms with E-state index in [4.69, 9.17) is 0 Å². The van der Waals surface area contributed by atoms with Gasteiger partial charge in [-0.2, -0.15) is 10.1 Å². The van der Waals surface area contributed by atoms with E-state index in [1.54, 1.807) is 0 Å². The number of hydrazone groups is 1. The van der Waals surface area contributed by atoms with E-state index >= 15 is 0 Å². The highest BCUT2D eigenvalue weighted by atomic mass is 15.4. The van der Waals surface area contributed by atoms with E-state index in [-0.39, 0.29) is 0 Å². The average molecular weight is 392 g/mol. The van der Waals surface area contributed by atoms with Gasteiger partial charge in [-0.05, 0) is 60.7 Å². The number of fused-ring (bicyclic) bond motifs is 3. The van der Waals surface area contributed by atoms with Gasteiger partial charge in [-0.3, -0.25) is 0 Å². The summed E-state index contributed by atoms with van der Waals surface area (Å²) in [5, 5.41) is 16.8. The molecule has 6 nitrogen and oxygen atoms in total. The maximum atomic E-state index is 4.56. The average Bonchev–Trinajstić information content (AvgIpc) is 3.34. The number of aryl methyl sites for hydroxylation is 3. The maximum absolute atomic E-state index is 4.56. The molecule has 0 bridgehead atoms. The largest absolute Gasteiger partial charge is 0.338 e. The molecule has 0 aliphatic heterocycles. The molecule has 0 unspecified atom stereocenters. The van der Waals surface area contributed by atoms with Crippen molar-refractivity contribution in [3.05, 3.63) is 70.8 Å². The Bertz CT molecular complexity index is 1480.